The molecule has 0 bridgehead atoms. The number of hydrogen-bond acceptors (Lipinski definition) is 5. The third-order valence-electron chi connectivity index (χ3n) is 5.31. The average Bonchev–Trinajstić information content (AvgIpc) is 3.19. The Kier molecular flexibility index (Phi) is 6.38. The van der Waals surface area contributed by atoms with Gasteiger partial charge in [-0.05, 0) is 42.7 Å². The maximum absolute atomic E-state index is 13.2. The van der Waals surface area contributed by atoms with Gasteiger partial charge in [-0.15, -0.1) is 0 Å². The molecule has 3 aromatic rings. The average molecular weight is 424 g/mol. The molecule has 1 amide bonds. The molecule has 0 spiro atoms. The Balaban J connectivity index is 1.57. The molecule has 6 nitrogen and oxygen atoms in total. The first-order valence-corrected chi connectivity index (χ1v) is 11.2. The number of carbonyl (C=O) groups is 1. The van der Waals surface area contributed by atoms with E-state index in [1.54, 1.807) is 23.4 Å². The van der Waals surface area contributed by atoms with Crippen LogP contribution in [0.3, 0.4) is 0 Å². The minimum absolute atomic E-state index is 0.0264. The van der Waals surface area contributed by atoms with E-state index in [9.17, 15) is 9.59 Å². The van der Waals surface area contributed by atoms with Gasteiger partial charge in [0.1, 0.15) is 5.75 Å². The van der Waals surface area contributed by atoms with E-state index in [0.717, 1.165) is 30.7 Å². The summed E-state index contributed by atoms with van der Waals surface area (Å²) in [5, 5.41) is 1.33. The first-order valence-electron chi connectivity index (χ1n) is 10.2. The first kappa shape index (κ1) is 20.5. The molecule has 1 aliphatic rings. The molecule has 0 unspecified atom stereocenters. The van der Waals surface area contributed by atoms with Gasteiger partial charge in [0, 0.05) is 31.8 Å². The summed E-state index contributed by atoms with van der Waals surface area (Å²) < 4.78 is 7.06. The van der Waals surface area contributed by atoms with Crippen LogP contribution in [-0.2, 0) is 17.1 Å². The van der Waals surface area contributed by atoms with Gasteiger partial charge in [0.05, 0.1) is 18.0 Å². The van der Waals surface area contributed by atoms with E-state index in [1.165, 1.54) is 0 Å². The van der Waals surface area contributed by atoms with Crippen LogP contribution < -0.4 is 10.3 Å². The summed E-state index contributed by atoms with van der Waals surface area (Å²) in [6.07, 6.45) is 2.30. The number of aromatic nitrogens is 2. The van der Waals surface area contributed by atoms with E-state index >= 15 is 0 Å². The van der Waals surface area contributed by atoms with E-state index < -0.39 is 0 Å². The molecular formula is C23H25N3O3S. The smallest absolute Gasteiger partial charge is 0.262 e. The minimum atomic E-state index is -0.0264. The Morgan fingerprint density at radius 1 is 1.10 bits per heavy atom. The van der Waals surface area contributed by atoms with Gasteiger partial charge in [-0.25, -0.2) is 4.98 Å². The van der Waals surface area contributed by atoms with Crippen molar-refractivity contribution in [3.8, 4) is 5.75 Å². The molecule has 2 aromatic carbocycles. The second-order valence-electron chi connectivity index (χ2n) is 7.35. The number of hydrogen-bond donors (Lipinski definition) is 0. The lowest BCUT2D eigenvalue weighted by molar-refractivity contribution is -0.127. The SMILES string of the molecule is COc1cccc(CSc2nc3ccccc3c(=O)n2CCCN2CCCC2=O)c1. The van der Waals surface area contributed by atoms with Crippen molar-refractivity contribution in [1.82, 2.24) is 14.5 Å². The Morgan fingerprint density at radius 3 is 2.77 bits per heavy atom. The summed E-state index contributed by atoms with van der Waals surface area (Å²) in [5.41, 5.74) is 1.79. The number of para-hydroxylation sites is 1. The lowest BCUT2D eigenvalue weighted by Gasteiger charge is -2.17. The Bertz CT molecular complexity index is 1110. The Hall–Kier alpha value is -2.80. The Morgan fingerprint density at radius 2 is 1.97 bits per heavy atom. The molecule has 0 atom stereocenters. The van der Waals surface area contributed by atoms with Crippen molar-refractivity contribution < 1.29 is 9.53 Å². The number of rotatable bonds is 8. The number of amides is 1. The van der Waals surface area contributed by atoms with Crippen LogP contribution >= 0.6 is 11.8 Å². The maximum Gasteiger partial charge on any atom is 0.262 e. The normalized spacial score (nSPS) is 13.9. The zero-order valence-electron chi connectivity index (χ0n) is 17.0. The Labute approximate surface area is 179 Å². The van der Waals surface area contributed by atoms with Gasteiger partial charge in [-0.3, -0.25) is 14.2 Å². The molecule has 1 saturated heterocycles. The predicted molar refractivity (Wildman–Crippen MR) is 119 cm³/mol. The number of methoxy groups -OCH3 is 1. The highest BCUT2D eigenvalue weighted by atomic mass is 32.2. The van der Waals surface area contributed by atoms with E-state index in [-0.39, 0.29) is 11.5 Å². The summed E-state index contributed by atoms with van der Waals surface area (Å²) in [4.78, 5) is 31.7. The van der Waals surface area contributed by atoms with E-state index in [4.69, 9.17) is 9.72 Å². The second kappa shape index (κ2) is 9.34. The van der Waals surface area contributed by atoms with Gasteiger partial charge in [-0.2, -0.15) is 0 Å². The van der Waals surface area contributed by atoms with Gasteiger partial charge in [0.25, 0.3) is 5.56 Å². The van der Waals surface area contributed by atoms with Crippen molar-refractivity contribution in [2.24, 2.45) is 0 Å². The van der Waals surface area contributed by atoms with Crippen LogP contribution in [-0.4, -0.2) is 40.6 Å². The monoisotopic (exact) mass is 423 g/mol. The molecule has 0 aliphatic carbocycles. The van der Waals surface area contributed by atoms with Crippen LogP contribution in [0.2, 0.25) is 0 Å². The molecule has 7 heteroatoms. The zero-order chi connectivity index (χ0) is 20.9. The minimum Gasteiger partial charge on any atom is -0.497 e. The quantitative estimate of drug-likeness (QED) is 0.408. The molecule has 4 rings (SSSR count). The van der Waals surface area contributed by atoms with Crippen molar-refractivity contribution >= 4 is 28.6 Å². The molecule has 2 heterocycles. The van der Waals surface area contributed by atoms with Crippen LogP contribution in [0, 0.1) is 0 Å². The first-order chi connectivity index (χ1) is 14.7. The number of benzene rings is 2. The van der Waals surface area contributed by atoms with Crippen molar-refractivity contribution in [3.05, 3.63) is 64.4 Å². The second-order valence-corrected chi connectivity index (χ2v) is 8.29. The molecule has 156 valence electrons. The van der Waals surface area contributed by atoms with Crippen LogP contribution in [0.4, 0.5) is 0 Å². The lowest BCUT2D eigenvalue weighted by atomic mass is 10.2. The summed E-state index contributed by atoms with van der Waals surface area (Å²) in [5.74, 6) is 1.71. The highest BCUT2D eigenvalue weighted by molar-refractivity contribution is 7.98. The third kappa shape index (κ3) is 4.51. The predicted octanol–water partition coefficient (Wildman–Crippen LogP) is 3.71. The number of nitrogens with zero attached hydrogens (tertiary/aromatic N) is 3. The van der Waals surface area contributed by atoms with Crippen LogP contribution in [0.25, 0.3) is 10.9 Å². The lowest BCUT2D eigenvalue weighted by Crippen LogP contribution is -2.29. The maximum atomic E-state index is 13.2. The highest BCUT2D eigenvalue weighted by Crippen LogP contribution is 2.24. The third-order valence-corrected chi connectivity index (χ3v) is 6.36. The number of carbonyl (C=O) groups excluding carboxylic acids is 1. The fourth-order valence-electron chi connectivity index (χ4n) is 3.73. The fraction of sp³-hybridized carbons (Fsp3) is 0.348. The topological polar surface area (TPSA) is 64.4 Å². The molecular weight excluding hydrogens is 398 g/mol. The van der Waals surface area contributed by atoms with Crippen LogP contribution in [0.5, 0.6) is 5.75 Å². The van der Waals surface area contributed by atoms with Gasteiger partial charge < -0.3 is 9.64 Å². The van der Waals surface area contributed by atoms with Gasteiger partial charge in [0.15, 0.2) is 5.16 Å². The highest BCUT2D eigenvalue weighted by Gasteiger charge is 2.20. The number of ether oxygens (including phenoxy) is 1. The largest absolute Gasteiger partial charge is 0.497 e. The molecule has 0 N–H and O–H groups in total. The number of thioether (sulfide) groups is 1. The van der Waals surface area contributed by atoms with E-state index in [2.05, 4.69) is 0 Å². The fourth-order valence-corrected chi connectivity index (χ4v) is 4.69. The molecule has 0 radical (unpaired) electrons. The van der Waals surface area contributed by atoms with E-state index in [1.807, 2.05) is 53.4 Å². The summed E-state index contributed by atoms with van der Waals surface area (Å²) in [6.45, 7) is 2.04. The zero-order valence-corrected chi connectivity index (χ0v) is 17.9. The molecule has 0 saturated carbocycles. The van der Waals surface area contributed by atoms with E-state index in [0.29, 0.717) is 41.3 Å². The van der Waals surface area contributed by atoms with Crippen molar-refractivity contribution in [1.29, 1.82) is 0 Å². The van der Waals surface area contributed by atoms with Crippen molar-refractivity contribution in [2.75, 3.05) is 20.2 Å². The summed E-state index contributed by atoms with van der Waals surface area (Å²) in [6, 6.07) is 15.4. The molecule has 30 heavy (non-hydrogen) atoms. The van der Waals surface area contributed by atoms with Crippen LogP contribution in [0.1, 0.15) is 24.8 Å². The summed E-state index contributed by atoms with van der Waals surface area (Å²) in [7, 11) is 1.65. The van der Waals surface area contributed by atoms with Gasteiger partial charge >= 0.3 is 0 Å². The standard InChI is InChI=1S/C23H25N3O3S/c1-29-18-8-4-7-17(15-18)16-30-23-24-20-10-3-2-9-19(20)22(28)26(23)14-6-13-25-12-5-11-21(25)27/h2-4,7-10,15H,5-6,11-14,16H2,1H3. The molecule has 1 aromatic heterocycles. The number of fused-ring (bicyclic) bond motifs is 1. The van der Waals surface area contributed by atoms with Crippen LogP contribution in [0.15, 0.2) is 58.5 Å². The van der Waals surface area contributed by atoms with Crippen molar-refractivity contribution in [3.63, 3.8) is 0 Å². The van der Waals surface area contributed by atoms with Gasteiger partial charge in [-0.1, -0.05) is 36.0 Å². The van der Waals surface area contributed by atoms with Crippen molar-refractivity contribution in [2.45, 2.75) is 36.7 Å². The summed E-state index contributed by atoms with van der Waals surface area (Å²) >= 11 is 1.55. The molecule has 1 aliphatic heterocycles. The number of likely N-dealkylation sites (tertiary alicyclic amines) is 1. The molecule has 1 fully saturated rings. The van der Waals surface area contributed by atoms with Gasteiger partial charge in [0.2, 0.25) is 5.91 Å².